The van der Waals surface area contributed by atoms with Crippen molar-refractivity contribution in [2.75, 3.05) is 0 Å². The van der Waals surface area contributed by atoms with Crippen LogP contribution >= 0.6 is 0 Å². The molecule has 1 aliphatic carbocycles. The summed E-state index contributed by atoms with van der Waals surface area (Å²) in [7, 11) is 0. The van der Waals surface area contributed by atoms with Crippen molar-refractivity contribution in [2.24, 2.45) is 0 Å². The van der Waals surface area contributed by atoms with Gasteiger partial charge in [0.05, 0.1) is 0 Å². The van der Waals surface area contributed by atoms with Gasteiger partial charge in [-0.15, -0.1) is 0 Å². The quantitative estimate of drug-likeness (QED) is 0.597. The van der Waals surface area contributed by atoms with Crippen molar-refractivity contribution in [3.8, 4) is 0 Å². The zero-order valence-corrected chi connectivity index (χ0v) is 7.73. The number of ketones is 1. The Morgan fingerprint density at radius 1 is 1.38 bits per heavy atom. The molecule has 0 unspecified atom stereocenters. The Balaban J connectivity index is 2.73. The Morgan fingerprint density at radius 3 is 2.69 bits per heavy atom. The summed E-state index contributed by atoms with van der Waals surface area (Å²) >= 11 is 0. The molecule has 0 fully saturated rings. The van der Waals surface area contributed by atoms with Crippen LogP contribution < -0.4 is 0 Å². The summed E-state index contributed by atoms with van der Waals surface area (Å²) in [6.07, 6.45) is 0.420. The molecule has 1 aromatic rings. The molecule has 68 valence electrons. The second kappa shape index (κ2) is 2.41. The fourth-order valence-electron chi connectivity index (χ4n) is 2.03. The van der Waals surface area contributed by atoms with Gasteiger partial charge in [0.1, 0.15) is 5.82 Å². The Hall–Kier alpha value is -1.18. The van der Waals surface area contributed by atoms with E-state index in [1.807, 2.05) is 13.8 Å². The Kier molecular flexibility index (Phi) is 1.56. The summed E-state index contributed by atoms with van der Waals surface area (Å²) in [5.41, 5.74) is 0.808. The molecule has 0 heterocycles. The molecule has 2 rings (SSSR count). The SMILES string of the molecule is CC1(C)CC(=O)c2cccc(F)c21. The first-order chi connectivity index (χ1) is 6.02. The van der Waals surface area contributed by atoms with E-state index in [9.17, 15) is 9.18 Å². The van der Waals surface area contributed by atoms with Gasteiger partial charge in [-0.1, -0.05) is 26.0 Å². The van der Waals surface area contributed by atoms with E-state index in [-0.39, 0.29) is 17.0 Å². The van der Waals surface area contributed by atoms with Gasteiger partial charge in [0.2, 0.25) is 0 Å². The summed E-state index contributed by atoms with van der Waals surface area (Å²) in [4.78, 5) is 11.5. The average molecular weight is 178 g/mol. The number of halogens is 1. The van der Waals surface area contributed by atoms with E-state index in [4.69, 9.17) is 0 Å². The number of rotatable bonds is 0. The summed E-state index contributed by atoms with van der Waals surface area (Å²) in [6, 6.07) is 4.71. The molecule has 0 spiro atoms. The monoisotopic (exact) mass is 178 g/mol. The molecule has 0 radical (unpaired) electrons. The van der Waals surface area contributed by atoms with Gasteiger partial charge in [0.25, 0.3) is 0 Å². The van der Waals surface area contributed by atoms with Crippen molar-refractivity contribution < 1.29 is 9.18 Å². The van der Waals surface area contributed by atoms with Crippen LogP contribution in [-0.2, 0) is 5.41 Å². The van der Waals surface area contributed by atoms with E-state index in [0.29, 0.717) is 17.5 Å². The summed E-state index contributed by atoms with van der Waals surface area (Å²) in [5.74, 6) is -0.201. The van der Waals surface area contributed by atoms with Crippen LogP contribution in [0, 0.1) is 5.82 Å². The van der Waals surface area contributed by atoms with Crippen molar-refractivity contribution in [3.05, 3.63) is 35.1 Å². The van der Waals surface area contributed by atoms with E-state index in [1.165, 1.54) is 6.07 Å². The molecule has 0 saturated heterocycles. The molecule has 1 nitrogen and oxygen atoms in total. The zero-order chi connectivity index (χ0) is 9.64. The summed E-state index contributed by atoms with van der Waals surface area (Å²) < 4.78 is 13.4. The maximum atomic E-state index is 13.4. The number of benzene rings is 1. The van der Waals surface area contributed by atoms with E-state index >= 15 is 0 Å². The van der Waals surface area contributed by atoms with E-state index in [1.54, 1.807) is 12.1 Å². The van der Waals surface area contributed by atoms with Crippen molar-refractivity contribution in [1.82, 2.24) is 0 Å². The topological polar surface area (TPSA) is 17.1 Å². The summed E-state index contributed by atoms with van der Waals surface area (Å²) in [5, 5.41) is 0. The minimum absolute atomic E-state index is 0.0551. The van der Waals surface area contributed by atoms with Crippen LogP contribution in [-0.4, -0.2) is 5.78 Å². The van der Waals surface area contributed by atoms with Crippen LogP contribution in [0.1, 0.15) is 36.2 Å². The van der Waals surface area contributed by atoms with Crippen LogP contribution in [0.5, 0.6) is 0 Å². The number of Topliss-reactive ketones (excluding diaryl/α,β-unsaturated/α-hetero) is 1. The number of fused-ring (bicyclic) bond motifs is 1. The molecule has 13 heavy (non-hydrogen) atoms. The Morgan fingerprint density at radius 2 is 2.08 bits per heavy atom. The average Bonchev–Trinajstić information content (AvgIpc) is 2.24. The molecule has 0 N–H and O–H groups in total. The predicted octanol–water partition coefficient (Wildman–Crippen LogP) is 2.69. The predicted molar refractivity (Wildman–Crippen MR) is 48.4 cm³/mol. The van der Waals surface area contributed by atoms with Gasteiger partial charge in [0, 0.05) is 23.0 Å². The third kappa shape index (κ3) is 1.09. The fraction of sp³-hybridized carbons (Fsp3) is 0.364. The maximum absolute atomic E-state index is 13.4. The molecule has 1 aromatic carbocycles. The largest absolute Gasteiger partial charge is 0.294 e. The summed E-state index contributed by atoms with van der Waals surface area (Å²) in [6.45, 7) is 3.81. The molecule has 0 aromatic heterocycles. The highest BCUT2D eigenvalue weighted by Gasteiger charge is 2.37. The van der Waals surface area contributed by atoms with Gasteiger partial charge in [-0.2, -0.15) is 0 Å². The standard InChI is InChI=1S/C11H11FO/c1-11(2)6-9(13)7-4-3-5-8(12)10(7)11/h3-5H,6H2,1-2H3. The number of hydrogen-bond acceptors (Lipinski definition) is 1. The van der Waals surface area contributed by atoms with Crippen molar-refractivity contribution in [1.29, 1.82) is 0 Å². The lowest BCUT2D eigenvalue weighted by atomic mass is 9.86. The van der Waals surface area contributed by atoms with Crippen LogP contribution in [0.2, 0.25) is 0 Å². The van der Waals surface area contributed by atoms with Crippen molar-refractivity contribution in [2.45, 2.75) is 25.7 Å². The molecule has 0 aliphatic heterocycles. The molecule has 2 heteroatoms. The normalized spacial score (nSPS) is 18.8. The first kappa shape index (κ1) is 8.42. The van der Waals surface area contributed by atoms with E-state index < -0.39 is 0 Å². The van der Waals surface area contributed by atoms with E-state index in [0.717, 1.165) is 0 Å². The molecular weight excluding hydrogens is 167 g/mol. The smallest absolute Gasteiger partial charge is 0.164 e. The third-order valence-corrected chi connectivity index (χ3v) is 2.59. The van der Waals surface area contributed by atoms with Crippen molar-refractivity contribution in [3.63, 3.8) is 0 Å². The van der Waals surface area contributed by atoms with Gasteiger partial charge < -0.3 is 0 Å². The second-order valence-corrected chi connectivity index (χ2v) is 4.15. The lowest BCUT2D eigenvalue weighted by Gasteiger charge is -2.17. The van der Waals surface area contributed by atoms with Crippen molar-refractivity contribution >= 4 is 5.78 Å². The van der Waals surface area contributed by atoms with E-state index in [2.05, 4.69) is 0 Å². The lowest BCUT2D eigenvalue weighted by molar-refractivity contribution is 0.0979. The number of hydrogen-bond donors (Lipinski definition) is 0. The molecular formula is C11H11FO. The van der Waals surface area contributed by atoms with Gasteiger partial charge in [0.15, 0.2) is 5.78 Å². The molecule has 0 saturated carbocycles. The van der Waals surface area contributed by atoms with Gasteiger partial charge in [-0.3, -0.25) is 4.79 Å². The highest BCUT2D eigenvalue weighted by Crippen LogP contribution is 2.39. The highest BCUT2D eigenvalue weighted by atomic mass is 19.1. The molecule has 0 atom stereocenters. The fourth-order valence-corrected chi connectivity index (χ4v) is 2.03. The number of carbonyl (C=O) groups excluding carboxylic acids is 1. The second-order valence-electron chi connectivity index (χ2n) is 4.15. The molecule has 0 bridgehead atoms. The zero-order valence-electron chi connectivity index (χ0n) is 7.73. The van der Waals surface area contributed by atoms with Crippen LogP contribution in [0.15, 0.2) is 18.2 Å². The highest BCUT2D eigenvalue weighted by molar-refractivity contribution is 6.02. The molecule has 1 aliphatic rings. The molecule has 0 amide bonds. The Labute approximate surface area is 76.6 Å². The third-order valence-electron chi connectivity index (χ3n) is 2.59. The lowest BCUT2D eigenvalue weighted by Crippen LogP contribution is -2.14. The van der Waals surface area contributed by atoms with Gasteiger partial charge >= 0.3 is 0 Å². The number of carbonyl (C=O) groups is 1. The van der Waals surface area contributed by atoms with Crippen LogP contribution in [0.4, 0.5) is 4.39 Å². The first-order valence-electron chi connectivity index (χ1n) is 4.34. The van der Waals surface area contributed by atoms with Gasteiger partial charge in [-0.05, 0) is 6.07 Å². The van der Waals surface area contributed by atoms with Crippen LogP contribution in [0.25, 0.3) is 0 Å². The first-order valence-corrected chi connectivity index (χ1v) is 4.34. The van der Waals surface area contributed by atoms with Gasteiger partial charge in [-0.25, -0.2) is 4.39 Å². The minimum atomic E-state index is -0.336. The van der Waals surface area contributed by atoms with Crippen LogP contribution in [0.3, 0.4) is 0 Å². The minimum Gasteiger partial charge on any atom is -0.294 e. The Bertz CT molecular complexity index is 380. The maximum Gasteiger partial charge on any atom is 0.164 e.